The largest absolute Gasteiger partial charge is 0.497 e. The van der Waals surface area contributed by atoms with Gasteiger partial charge in [-0.3, -0.25) is 4.79 Å². The normalized spacial score (nSPS) is 10.7. The molecule has 5 heteroatoms. The van der Waals surface area contributed by atoms with Crippen LogP contribution in [0.15, 0.2) is 48.5 Å². The van der Waals surface area contributed by atoms with Crippen LogP contribution >= 0.6 is 11.6 Å². The predicted molar refractivity (Wildman–Crippen MR) is 92.3 cm³/mol. The van der Waals surface area contributed by atoms with Crippen molar-refractivity contribution in [2.75, 3.05) is 13.7 Å². The zero-order chi connectivity index (χ0) is 16.2. The summed E-state index contributed by atoms with van der Waals surface area (Å²) in [7, 11) is 1.64. The summed E-state index contributed by atoms with van der Waals surface area (Å²) in [4.78, 5) is 15.3. The molecule has 2 aromatic carbocycles. The molecule has 3 rings (SSSR count). The fourth-order valence-electron chi connectivity index (χ4n) is 2.47. The third-order valence-corrected chi connectivity index (χ3v) is 3.90. The molecule has 23 heavy (non-hydrogen) atoms. The molecule has 0 radical (unpaired) electrons. The van der Waals surface area contributed by atoms with Crippen LogP contribution < -0.4 is 10.1 Å². The number of ether oxygens (including phenoxy) is 1. The molecule has 4 nitrogen and oxygen atoms in total. The Balaban J connectivity index is 1.61. The molecule has 0 bridgehead atoms. The maximum Gasteiger partial charge on any atom is 0.267 e. The first-order valence-electron chi connectivity index (χ1n) is 7.35. The van der Waals surface area contributed by atoms with Crippen LogP contribution in [0.2, 0.25) is 5.02 Å². The van der Waals surface area contributed by atoms with E-state index in [1.807, 2.05) is 42.5 Å². The molecule has 0 unspecified atom stereocenters. The van der Waals surface area contributed by atoms with Crippen LogP contribution in [0.1, 0.15) is 16.1 Å². The van der Waals surface area contributed by atoms with Gasteiger partial charge in [-0.05, 0) is 48.4 Å². The molecule has 118 valence electrons. The molecule has 1 aromatic heterocycles. The van der Waals surface area contributed by atoms with Gasteiger partial charge in [0.2, 0.25) is 0 Å². The van der Waals surface area contributed by atoms with Crippen molar-refractivity contribution in [3.05, 3.63) is 64.8 Å². The maximum absolute atomic E-state index is 12.2. The third-order valence-electron chi connectivity index (χ3n) is 3.66. The number of hydrogen-bond donors (Lipinski definition) is 2. The Kier molecular flexibility index (Phi) is 4.53. The Morgan fingerprint density at radius 1 is 1.22 bits per heavy atom. The lowest BCUT2D eigenvalue weighted by atomic mass is 10.1. The zero-order valence-corrected chi connectivity index (χ0v) is 13.5. The third kappa shape index (κ3) is 3.66. The van der Waals surface area contributed by atoms with Crippen molar-refractivity contribution < 1.29 is 9.53 Å². The van der Waals surface area contributed by atoms with E-state index < -0.39 is 0 Å². The lowest BCUT2D eigenvalue weighted by Gasteiger charge is -2.06. The van der Waals surface area contributed by atoms with Crippen LogP contribution in [0.3, 0.4) is 0 Å². The Hall–Kier alpha value is -2.46. The number of amides is 1. The summed E-state index contributed by atoms with van der Waals surface area (Å²) in [6.45, 7) is 0.558. The van der Waals surface area contributed by atoms with Crippen molar-refractivity contribution >= 4 is 28.4 Å². The highest BCUT2D eigenvalue weighted by Crippen LogP contribution is 2.20. The van der Waals surface area contributed by atoms with E-state index in [9.17, 15) is 4.79 Å². The van der Waals surface area contributed by atoms with Gasteiger partial charge in [-0.15, -0.1) is 0 Å². The van der Waals surface area contributed by atoms with Gasteiger partial charge < -0.3 is 15.0 Å². The van der Waals surface area contributed by atoms with E-state index in [0.29, 0.717) is 17.3 Å². The number of fused-ring (bicyclic) bond motifs is 1. The number of benzene rings is 2. The second-order valence-corrected chi connectivity index (χ2v) is 5.71. The lowest BCUT2D eigenvalue weighted by Crippen LogP contribution is -2.25. The van der Waals surface area contributed by atoms with Crippen LogP contribution in [-0.4, -0.2) is 24.5 Å². The number of aromatic amines is 1. The number of methoxy groups -OCH3 is 1. The first-order chi connectivity index (χ1) is 11.2. The monoisotopic (exact) mass is 328 g/mol. The van der Waals surface area contributed by atoms with Gasteiger partial charge in [0.05, 0.1) is 7.11 Å². The van der Waals surface area contributed by atoms with Crippen molar-refractivity contribution in [1.29, 1.82) is 0 Å². The highest BCUT2D eigenvalue weighted by atomic mass is 35.5. The summed E-state index contributed by atoms with van der Waals surface area (Å²) >= 11 is 5.96. The van der Waals surface area contributed by atoms with Gasteiger partial charge in [0.25, 0.3) is 5.91 Å². The van der Waals surface area contributed by atoms with Crippen LogP contribution in [0.5, 0.6) is 5.75 Å². The maximum atomic E-state index is 12.2. The molecular formula is C18H17ClN2O2. The fourth-order valence-corrected chi connectivity index (χ4v) is 2.65. The quantitative estimate of drug-likeness (QED) is 0.748. The number of halogens is 1. The molecule has 0 spiro atoms. The summed E-state index contributed by atoms with van der Waals surface area (Å²) < 4.78 is 5.19. The Bertz CT molecular complexity index is 842. The Morgan fingerprint density at radius 3 is 2.91 bits per heavy atom. The Labute approximate surface area is 139 Å². The summed E-state index contributed by atoms with van der Waals surface area (Å²) in [5.74, 6) is 0.696. The van der Waals surface area contributed by atoms with E-state index in [1.165, 1.54) is 0 Å². The summed E-state index contributed by atoms with van der Waals surface area (Å²) in [5, 5.41) is 4.50. The van der Waals surface area contributed by atoms with Gasteiger partial charge in [-0.2, -0.15) is 0 Å². The lowest BCUT2D eigenvalue weighted by molar-refractivity contribution is 0.0950. The molecule has 0 saturated carbocycles. The topological polar surface area (TPSA) is 54.1 Å². The second-order valence-electron chi connectivity index (χ2n) is 5.27. The van der Waals surface area contributed by atoms with Crippen molar-refractivity contribution in [1.82, 2.24) is 10.3 Å². The average Bonchev–Trinajstić information content (AvgIpc) is 2.98. The van der Waals surface area contributed by atoms with E-state index >= 15 is 0 Å². The molecule has 0 aliphatic heterocycles. The number of hydrogen-bond acceptors (Lipinski definition) is 2. The molecule has 0 fully saturated rings. The van der Waals surface area contributed by atoms with Crippen LogP contribution in [0.25, 0.3) is 10.9 Å². The summed E-state index contributed by atoms with van der Waals surface area (Å²) in [6, 6.07) is 15.1. The van der Waals surface area contributed by atoms with E-state index in [1.54, 1.807) is 13.2 Å². The molecule has 3 aromatic rings. The van der Waals surface area contributed by atoms with Gasteiger partial charge in [0.15, 0.2) is 0 Å². The minimum atomic E-state index is -0.125. The van der Waals surface area contributed by atoms with Crippen molar-refractivity contribution in [3.63, 3.8) is 0 Å². The van der Waals surface area contributed by atoms with E-state index in [-0.39, 0.29) is 5.91 Å². The molecule has 0 aliphatic rings. The van der Waals surface area contributed by atoms with E-state index in [2.05, 4.69) is 10.3 Å². The summed E-state index contributed by atoms with van der Waals surface area (Å²) in [5.41, 5.74) is 2.55. The van der Waals surface area contributed by atoms with Gasteiger partial charge in [-0.25, -0.2) is 0 Å². The van der Waals surface area contributed by atoms with Gasteiger partial charge in [0, 0.05) is 22.5 Å². The smallest absolute Gasteiger partial charge is 0.267 e. The first-order valence-corrected chi connectivity index (χ1v) is 7.73. The van der Waals surface area contributed by atoms with Crippen LogP contribution in [0.4, 0.5) is 0 Å². The Morgan fingerprint density at radius 2 is 2.09 bits per heavy atom. The van der Waals surface area contributed by atoms with Gasteiger partial charge in [0.1, 0.15) is 11.4 Å². The van der Waals surface area contributed by atoms with Gasteiger partial charge in [-0.1, -0.05) is 23.7 Å². The minimum Gasteiger partial charge on any atom is -0.497 e. The number of H-pyrrole nitrogens is 1. The van der Waals surface area contributed by atoms with Gasteiger partial charge >= 0.3 is 0 Å². The molecule has 2 N–H and O–H groups in total. The standard InChI is InChI=1S/C18H17ClN2O2/c1-23-15-4-2-3-12(9-15)7-8-20-18(22)17-11-13-10-14(19)5-6-16(13)21-17/h2-6,9-11,21H,7-8H2,1H3,(H,20,22). The van der Waals surface area contributed by atoms with E-state index in [0.717, 1.165) is 28.6 Å². The first kappa shape index (κ1) is 15.4. The predicted octanol–water partition coefficient (Wildman–Crippen LogP) is 3.80. The molecule has 0 aliphatic carbocycles. The SMILES string of the molecule is COc1cccc(CCNC(=O)c2cc3cc(Cl)ccc3[nH]2)c1. The van der Waals surface area contributed by atoms with Crippen LogP contribution in [-0.2, 0) is 6.42 Å². The number of nitrogens with one attached hydrogen (secondary N) is 2. The fraction of sp³-hybridized carbons (Fsp3) is 0.167. The minimum absolute atomic E-state index is 0.125. The molecule has 1 amide bonds. The number of aromatic nitrogens is 1. The number of carbonyl (C=O) groups is 1. The van der Waals surface area contributed by atoms with Crippen molar-refractivity contribution in [2.45, 2.75) is 6.42 Å². The van der Waals surface area contributed by atoms with Crippen molar-refractivity contribution in [3.8, 4) is 5.75 Å². The molecular weight excluding hydrogens is 312 g/mol. The average molecular weight is 329 g/mol. The summed E-state index contributed by atoms with van der Waals surface area (Å²) in [6.07, 6.45) is 0.745. The van der Waals surface area contributed by atoms with Crippen molar-refractivity contribution in [2.24, 2.45) is 0 Å². The zero-order valence-electron chi connectivity index (χ0n) is 12.7. The number of rotatable bonds is 5. The molecule has 1 heterocycles. The highest BCUT2D eigenvalue weighted by Gasteiger charge is 2.09. The highest BCUT2D eigenvalue weighted by molar-refractivity contribution is 6.31. The molecule has 0 atom stereocenters. The number of carbonyl (C=O) groups excluding carboxylic acids is 1. The molecule has 0 saturated heterocycles. The second kappa shape index (κ2) is 6.75. The van der Waals surface area contributed by atoms with Crippen LogP contribution in [0, 0.1) is 0 Å². The van der Waals surface area contributed by atoms with E-state index in [4.69, 9.17) is 16.3 Å².